The molecule has 1 aliphatic rings. The fraction of sp³-hybridized carbons (Fsp3) is 0.533. The van der Waals surface area contributed by atoms with Crippen LogP contribution in [0.15, 0.2) is 30.3 Å². The lowest BCUT2D eigenvalue weighted by Crippen LogP contribution is -2.30. The summed E-state index contributed by atoms with van der Waals surface area (Å²) in [4.78, 5) is 11.6. The van der Waals surface area contributed by atoms with Crippen LogP contribution in [0.25, 0.3) is 0 Å². The number of hydrogen-bond acceptors (Lipinski definition) is 1. The predicted molar refractivity (Wildman–Crippen MR) is 74.8 cm³/mol. The van der Waals surface area contributed by atoms with E-state index in [9.17, 15) is 4.79 Å². The summed E-state index contributed by atoms with van der Waals surface area (Å²) in [6.45, 7) is 0.621. The first kappa shape index (κ1) is 13.4. The van der Waals surface area contributed by atoms with Crippen LogP contribution in [0, 0.1) is 5.92 Å². The molecule has 1 saturated carbocycles. The van der Waals surface area contributed by atoms with Gasteiger partial charge in [0.2, 0.25) is 5.91 Å². The molecule has 1 atom stereocenters. The summed E-state index contributed by atoms with van der Waals surface area (Å²) in [5.74, 6) is 0.758. The van der Waals surface area contributed by atoms with Crippen molar-refractivity contribution < 1.29 is 4.79 Å². The number of alkyl halides is 1. The maximum Gasteiger partial charge on any atom is 0.220 e. The van der Waals surface area contributed by atoms with Crippen molar-refractivity contribution >= 4 is 17.5 Å². The smallest absolute Gasteiger partial charge is 0.220 e. The maximum absolute atomic E-state index is 11.6. The van der Waals surface area contributed by atoms with E-state index in [0.717, 1.165) is 12.8 Å². The Morgan fingerprint density at radius 1 is 1.33 bits per heavy atom. The number of aryl methyl sites for hydroxylation is 1. The Morgan fingerprint density at radius 3 is 2.72 bits per heavy atom. The van der Waals surface area contributed by atoms with Crippen LogP contribution in [0.5, 0.6) is 0 Å². The Hall–Kier alpha value is -1.02. The quantitative estimate of drug-likeness (QED) is 0.754. The first-order valence-electron chi connectivity index (χ1n) is 6.70. The van der Waals surface area contributed by atoms with Crippen LogP contribution in [-0.2, 0) is 11.2 Å². The van der Waals surface area contributed by atoms with Crippen LogP contribution in [0.3, 0.4) is 0 Å². The third kappa shape index (κ3) is 4.69. The molecule has 0 heterocycles. The summed E-state index contributed by atoms with van der Waals surface area (Å²) in [7, 11) is 0. The van der Waals surface area contributed by atoms with Crippen LogP contribution >= 0.6 is 11.6 Å². The third-order valence-corrected chi connectivity index (χ3v) is 3.85. The summed E-state index contributed by atoms with van der Waals surface area (Å²) in [6.07, 6.45) is 4.88. The van der Waals surface area contributed by atoms with Gasteiger partial charge in [-0.2, -0.15) is 0 Å². The highest BCUT2D eigenvalue weighted by molar-refractivity contribution is 6.21. The summed E-state index contributed by atoms with van der Waals surface area (Å²) in [5.41, 5.74) is 1.29. The summed E-state index contributed by atoms with van der Waals surface area (Å²) in [6, 6.07) is 10.3. The van der Waals surface area contributed by atoms with E-state index in [4.69, 9.17) is 11.6 Å². The van der Waals surface area contributed by atoms with Gasteiger partial charge in [-0.05, 0) is 37.2 Å². The fourth-order valence-electron chi connectivity index (χ4n) is 2.02. The summed E-state index contributed by atoms with van der Waals surface area (Å²) >= 11 is 6.14. The van der Waals surface area contributed by atoms with Crippen molar-refractivity contribution in [1.82, 2.24) is 5.32 Å². The highest BCUT2D eigenvalue weighted by Crippen LogP contribution is 2.35. The highest BCUT2D eigenvalue weighted by atomic mass is 35.5. The van der Waals surface area contributed by atoms with E-state index in [-0.39, 0.29) is 11.3 Å². The lowest BCUT2D eigenvalue weighted by atomic mass is 10.1. The normalized spacial score (nSPS) is 16.3. The van der Waals surface area contributed by atoms with Gasteiger partial charge in [-0.3, -0.25) is 4.79 Å². The van der Waals surface area contributed by atoms with E-state index in [1.807, 2.05) is 18.2 Å². The molecule has 1 unspecified atom stereocenters. The third-order valence-electron chi connectivity index (χ3n) is 3.34. The molecule has 18 heavy (non-hydrogen) atoms. The molecule has 1 aromatic carbocycles. The zero-order valence-corrected chi connectivity index (χ0v) is 11.3. The number of benzene rings is 1. The summed E-state index contributed by atoms with van der Waals surface area (Å²) in [5, 5.41) is 3.05. The molecule has 2 nitrogen and oxygen atoms in total. The number of hydrogen-bond donors (Lipinski definition) is 1. The van der Waals surface area contributed by atoms with Crippen LogP contribution in [0.4, 0.5) is 0 Å². The molecular weight excluding hydrogens is 246 g/mol. The van der Waals surface area contributed by atoms with Gasteiger partial charge >= 0.3 is 0 Å². The molecule has 1 fully saturated rings. The van der Waals surface area contributed by atoms with Gasteiger partial charge in [0.05, 0.1) is 5.38 Å². The Balaban J connectivity index is 1.57. The number of carbonyl (C=O) groups excluding carboxylic acids is 1. The van der Waals surface area contributed by atoms with Crippen LogP contribution in [-0.4, -0.2) is 17.8 Å². The molecule has 2 rings (SSSR count). The van der Waals surface area contributed by atoms with Gasteiger partial charge < -0.3 is 5.32 Å². The number of rotatable bonds is 7. The van der Waals surface area contributed by atoms with Crippen LogP contribution in [0.1, 0.15) is 31.2 Å². The van der Waals surface area contributed by atoms with Gasteiger partial charge in [-0.1, -0.05) is 30.3 Å². The SMILES string of the molecule is O=C(CCCc1ccccc1)NCC(Cl)C1CC1. The van der Waals surface area contributed by atoms with Gasteiger partial charge in [0.1, 0.15) is 0 Å². The zero-order chi connectivity index (χ0) is 12.8. The van der Waals surface area contributed by atoms with Gasteiger partial charge in [0.15, 0.2) is 0 Å². The van der Waals surface area contributed by atoms with Crippen molar-refractivity contribution in [1.29, 1.82) is 0 Å². The van der Waals surface area contributed by atoms with Crippen molar-refractivity contribution in [3.63, 3.8) is 0 Å². The molecule has 0 spiro atoms. The van der Waals surface area contributed by atoms with E-state index >= 15 is 0 Å². The minimum atomic E-state index is 0.122. The standard InChI is InChI=1S/C15H20ClNO/c16-14(13-9-10-13)11-17-15(18)8-4-7-12-5-2-1-3-6-12/h1-3,5-6,13-14H,4,7-11H2,(H,17,18). The van der Waals surface area contributed by atoms with E-state index in [1.165, 1.54) is 18.4 Å². The number of halogens is 1. The number of nitrogens with one attached hydrogen (secondary N) is 1. The predicted octanol–water partition coefficient (Wildman–Crippen LogP) is 3.14. The molecule has 0 saturated heterocycles. The minimum Gasteiger partial charge on any atom is -0.355 e. The molecule has 98 valence electrons. The van der Waals surface area contributed by atoms with Crippen molar-refractivity contribution in [2.24, 2.45) is 5.92 Å². The summed E-state index contributed by atoms with van der Waals surface area (Å²) < 4.78 is 0. The Bertz CT molecular complexity index is 375. The molecular formula is C15H20ClNO. The second-order valence-corrected chi connectivity index (χ2v) is 5.56. The average molecular weight is 266 g/mol. The highest BCUT2D eigenvalue weighted by Gasteiger charge is 2.29. The minimum absolute atomic E-state index is 0.122. The molecule has 1 aromatic rings. The second kappa shape index (κ2) is 6.79. The number of carbonyl (C=O) groups is 1. The first-order valence-corrected chi connectivity index (χ1v) is 7.14. The fourth-order valence-corrected chi connectivity index (χ4v) is 2.35. The Labute approximate surface area is 114 Å². The topological polar surface area (TPSA) is 29.1 Å². The Kier molecular flexibility index (Phi) is 5.06. The second-order valence-electron chi connectivity index (χ2n) is 5.00. The van der Waals surface area contributed by atoms with Gasteiger partial charge in [0.25, 0.3) is 0 Å². The van der Waals surface area contributed by atoms with Crippen molar-refractivity contribution in [3.8, 4) is 0 Å². The van der Waals surface area contributed by atoms with E-state index in [1.54, 1.807) is 0 Å². The van der Waals surface area contributed by atoms with Crippen molar-refractivity contribution in [3.05, 3.63) is 35.9 Å². The molecule has 1 N–H and O–H groups in total. The number of amides is 1. The van der Waals surface area contributed by atoms with Crippen molar-refractivity contribution in [2.75, 3.05) is 6.54 Å². The zero-order valence-electron chi connectivity index (χ0n) is 10.6. The van der Waals surface area contributed by atoms with E-state index in [0.29, 0.717) is 18.9 Å². The molecule has 1 amide bonds. The molecule has 0 radical (unpaired) electrons. The van der Waals surface area contributed by atoms with E-state index in [2.05, 4.69) is 17.4 Å². The van der Waals surface area contributed by atoms with Gasteiger partial charge in [0, 0.05) is 13.0 Å². The lowest BCUT2D eigenvalue weighted by Gasteiger charge is -2.09. The first-order chi connectivity index (χ1) is 8.75. The maximum atomic E-state index is 11.6. The lowest BCUT2D eigenvalue weighted by molar-refractivity contribution is -0.121. The Morgan fingerprint density at radius 2 is 2.06 bits per heavy atom. The van der Waals surface area contributed by atoms with Crippen LogP contribution in [0.2, 0.25) is 0 Å². The average Bonchev–Trinajstić information content (AvgIpc) is 3.21. The monoisotopic (exact) mass is 265 g/mol. The molecule has 1 aliphatic carbocycles. The molecule has 0 aromatic heterocycles. The molecule has 3 heteroatoms. The van der Waals surface area contributed by atoms with Gasteiger partial charge in [-0.25, -0.2) is 0 Å². The largest absolute Gasteiger partial charge is 0.355 e. The van der Waals surface area contributed by atoms with Crippen LogP contribution < -0.4 is 5.32 Å². The van der Waals surface area contributed by atoms with Gasteiger partial charge in [-0.15, -0.1) is 11.6 Å². The van der Waals surface area contributed by atoms with E-state index < -0.39 is 0 Å². The molecule has 0 bridgehead atoms. The molecule has 0 aliphatic heterocycles. The van der Waals surface area contributed by atoms with Crippen molar-refractivity contribution in [2.45, 2.75) is 37.5 Å².